The summed E-state index contributed by atoms with van der Waals surface area (Å²) in [5.41, 5.74) is 2.22. The van der Waals surface area contributed by atoms with Crippen LogP contribution >= 0.6 is 11.6 Å². The van der Waals surface area contributed by atoms with E-state index in [9.17, 15) is 9.59 Å². The van der Waals surface area contributed by atoms with Crippen LogP contribution in [0, 0.1) is 6.92 Å². The number of benzene rings is 2. The van der Waals surface area contributed by atoms with Gasteiger partial charge in [-0.05, 0) is 24.6 Å². The number of aryl methyl sites for hydroxylation is 1. The summed E-state index contributed by atoms with van der Waals surface area (Å²) in [5.74, 6) is -0.107. The number of rotatable bonds is 4. The predicted octanol–water partition coefficient (Wildman–Crippen LogP) is 3.54. The van der Waals surface area contributed by atoms with E-state index in [-0.39, 0.29) is 10.6 Å². The molecule has 1 aliphatic rings. The number of hydrogen-bond donors (Lipinski definition) is 0. The van der Waals surface area contributed by atoms with E-state index in [1.807, 2.05) is 19.1 Å². The van der Waals surface area contributed by atoms with Crippen molar-refractivity contribution in [3.05, 3.63) is 58.6 Å². The maximum absolute atomic E-state index is 12.9. The molecule has 0 fully saturated rings. The SMILES string of the molecule is COc1ccc(N2C(=O)C(Cl)=C(c3ccc(C)cc3)C2=O)cc1OC. The molecule has 0 spiro atoms. The van der Waals surface area contributed by atoms with Gasteiger partial charge in [-0.15, -0.1) is 0 Å². The van der Waals surface area contributed by atoms with E-state index < -0.39 is 11.8 Å². The molecule has 1 heterocycles. The van der Waals surface area contributed by atoms with Crippen molar-refractivity contribution in [2.45, 2.75) is 6.92 Å². The molecule has 2 aromatic carbocycles. The van der Waals surface area contributed by atoms with Crippen molar-refractivity contribution in [2.24, 2.45) is 0 Å². The van der Waals surface area contributed by atoms with Crippen molar-refractivity contribution in [1.82, 2.24) is 0 Å². The Kier molecular flexibility index (Phi) is 4.51. The lowest BCUT2D eigenvalue weighted by Gasteiger charge is -2.17. The number of anilines is 1. The van der Waals surface area contributed by atoms with E-state index in [0.717, 1.165) is 10.5 Å². The second kappa shape index (κ2) is 6.61. The molecule has 6 heteroatoms. The fourth-order valence-electron chi connectivity index (χ4n) is 2.67. The van der Waals surface area contributed by atoms with Crippen molar-refractivity contribution < 1.29 is 19.1 Å². The van der Waals surface area contributed by atoms with Crippen LogP contribution in [0.25, 0.3) is 5.57 Å². The smallest absolute Gasteiger partial charge is 0.277 e. The first-order valence-corrected chi connectivity index (χ1v) is 7.93. The van der Waals surface area contributed by atoms with Gasteiger partial charge in [-0.25, -0.2) is 4.90 Å². The van der Waals surface area contributed by atoms with Crippen LogP contribution in [0.4, 0.5) is 5.69 Å². The van der Waals surface area contributed by atoms with Crippen molar-refractivity contribution in [3.63, 3.8) is 0 Å². The Bertz CT molecular complexity index is 887. The zero-order valence-electron chi connectivity index (χ0n) is 14.0. The van der Waals surface area contributed by atoms with Crippen molar-refractivity contribution in [2.75, 3.05) is 19.1 Å². The van der Waals surface area contributed by atoms with Crippen LogP contribution in [0.2, 0.25) is 0 Å². The Labute approximate surface area is 150 Å². The van der Waals surface area contributed by atoms with Gasteiger partial charge in [-0.2, -0.15) is 0 Å². The number of halogens is 1. The van der Waals surface area contributed by atoms with Crippen LogP contribution in [0.3, 0.4) is 0 Å². The van der Waals surface area contributed by atoms with E-state index in [4.69, 9.17) is 21.1 Å². The number of amides is 2. The maximum atomic E-state index is 12.9. The second-order valence-electron chi connectivity index (χ2n) is 5.54. The highest BCUT2D eigenvalue weighted by molar-refractivity contribution is 6.60. The highest BCUT2D eigenvalue weighted by atomic mass is 35.5. The van der Waals surface area contributed by atoms with E-state index in [1.165, 1.54) is 14.2 Å². The van der Waals surface area contributed by atoms with Gasteiger partial charge < -0.3 is 9.47 Å². The molecule has 0 radical (unpaired) electrons. The van der Waals surface area contributed by atoms with Gasteiger partial charge in [0.2, 0.25) is 0 Å². The summed E-state index contributed by atoms with van der Waals surface area (Å²) in [4.78, 5) is 26.5. The van der Waals surface area contributed by atoms with Crippen LogP contribution in [-0.2, 0) is 9.59 Å². The maximum Gasteiger partial charge on any atom is 0.277 e. The minimum atomic E-state index is -0.561. The van der Waals surface area contributed by atoms with E-state index >= 15 is 0 Å². The largest absolute Gasteiger partial charge is 0.493 e. The topological polar surface area (TPSA) is 55.8 Å². The summed E-state index contributed by atoms with van der Waals surface area (Å²) in [5, 5.41) is -0.0939. The van der Waals surface area contributed by atoms with Gasteiger partial charge in [-0.3, -0.25) is 9.59 Å². The fraction of sp³-hybridized carbons (Fsp3) is 0.158. The van der Waals surface area contributed by atoms with Gasteiger partial charge >= 0.3 is 0 Å². The summed E-state index contributed by atoms with van der Waals surface area (Å²) in [6.45, 7) is 1.94. The average Bonchev–Trinajstić information content (AvgIpc) is 2.84. The number of imide groups is 1. The van der Waals surface area contributed by atoms with Crippen LogP contribution in [0.15, 0.2) is 47.5 Å². The molecule has 0 saturated carbocycles. The molecule has 2 aromatic rings. The third-order valence-electron chi connectivity index (χ3n) is 3.99. The molecule has 128 valence electrons. The summed E-state index contributed by atoms with van der Waals surface area (Å²) in [6.07, 6.45) is 0. The molecular formula is C19H16ClNO4. The first-order valence-electron chi connectivity index (χ1n) is 7.55. The molecule has 0 saturated heterocycles. The number of carbonyl (C=O) groups excluding carboxylic acids is 2. The lowest BCUT2D eigenvalue weighted by molar-refractivity contribution is -0.119. The monoisotopic (exact) mass is 357 g/mol. The van der Waals surface area contributed by atoms with Crippen LogP contribution in [0.1, 0.15) is 11.1 Å². The summed E-state index contributed by atoms with van der Waals surface area (Å²) >= 11 is 6.19. The molecule has 1 aliphatic heterocycles. The van der Waals surface area contributed by atoms with Crippen LogP contribution in [0.5, 0.6) is 11.5 Å². The van der Waals surface area contributed by atoms with Gasteiger partial charge in [0.15, 0.2) is 11.5 Å². The Morgan fingerprint density at radius 2 is 1.52 bits per heavy atom. The number of carbonyl (C=O) groups is 2. The first-order chi connectivity index (χ1) is 12.0. The molecular weight excluding hydrogens is 342 g/mol. The molecule has 0 N–H and O–H groups in total. The fourth-order valence-corrected chi connectivity index (χ4v) is 2.95. The quantitative estimate of drug-likeness (QED) is 0.785. The van der Waals surface area contributed by atoms with E-state index in [2.05, 4.69) is 0 Å². The third kappa shape index (κ3) is 2.87. The second-order valence-corrected chi connectivity index (χ2v) is 5.92. The number of ether oxygens (including phenoxy) is 2. The number of hydrogen-bond acceptors (Lipinski definition) is 4. The summed E-state index contributed by atoms with van der Waals surface area (Å²) in [7, 11) is 3.00. The first kappa shape index (κ1) is 17.0. The minimum Gasteiger partial charge on any atom is -0.493 e. The Morgan fingerprint density at radius 3 is 2.12 bits per heavy atom. The molecule has 2 amide bonds. The van der Waals surface area contributed by atoms with Gasteiger partial charge in [0.25, 0.3) is 11.8 Å². The molecule has 0 unspecified atom stereocenters. The molecule has 0 aromatic heterocycles. The average molecular weight is 358 g/mol. The van der Waals surface area contributed by atoms with Gasteiger partial charge in [0, 0.05) is 6.07 Å². The molecule has 3 rings (SSSR count). The Morgan fingerprint density at radius 1 is 0.880 bits per heavy atom. The lowest BCUT2D eigenvalue weighted by atomic mass is 10.0. The molecule has 0 bridgehead atoms. The van der Waals surface area contributed by atoms with Crippen molar-refractivity contribution in [1.29, 1.82) is 0 Å². The van der Waals surface area contributed by atoms with E-state index in [0.29, 0.717) is 22.7 Å². The highest BCUT2D eigenvalue weighted by Gasteiger charge is 2.39. The molecule has 0 atom stereocenters. The van der Waals surface area contributed by atoms with E-state index in [1.54, 1.807) is 30.3 Å². The van der Waals surface area contributed by atoms with Gasteiger partial charge in [-0.1, -0.05) is 41.4 Å². The molecule has 25 heavy (non-hydrogen) atoms. The minimum absolute atomic E-state index is 0.0939. The molecule has 0 aliphatic carbocycles. The Hall–Kier alpha value is -2.79. The standard InChI is InChI=1S/C19H16ClNO4/c1-11-4-6-12(7-5-11)16-17(20)19(23)21(18(16)22)13-8-9-14(24-2)15(10-13)25-3/h4-10H,1-3H3. The normalized spacial score (nSPS) is 14.3. The lowest BCUT2D eigenvalue weighted by Crippen LogP contribution is -2.31. The number of nitrogens with zero attached hydrogens (tertiary/aromatic N) is 1. The highest BCUT2D eigenvalue weighted by Crippen LogP contribution is 2.38. The van der Waals surface area contributed by atoms with Gasteiger partial charge in [0.05, 0.1) is 25.5 Å². The van der Waals surface area contributed by atoms with Crippen LogP contribution < -0.4 is 14.4 Å². The zero-order chi connectivity index (χ0) is 18.1. The van der Waals surface area contributed by atoms with Crippen molar-refractivity contribution in [3.8, 4) is 11.5 Å². The van der Waals surface area contributed by atoms with Gasteiger partial charge in [0.1, 0.15) is 5.03 Å². The number of methoxy groups -OCH3 is 2. The summed E-state index contributed by atoms with van der Waals surface area (Å²) < 4.78 is 10.4. The Balaban J connectivity index is 2.03. The van der Waals surface area contributed by atoms with Crippen LogP contribution in [-0.4, -0.2) is 26.0 Å². The molecule has 5 nitrogen and oxygen atoms in total. The van der Waals surface area contributed by atoms with Crippen molar-refractivity contribution >= 4 is 34.7 Å². The summed E-state index contributed by atoms with van der Waals surface area (Å²) in [6, 6.07) is 12.1. The third-order valence-corrected chi connectivity index (χ3v) is 4.34. The predicted molar refractivity (Wildman–Crippen MR) is 96.0 cm³/mol. The zero-order valence-corrected chi connectivity index (χ0v) is 14.8.